The second kappa shape index (κ2) is 4.52. The first-order valence-electron chi connectivity index (χ1n) is 2.89. The molecule has 0 aliphatic carbocycles. The molecule has 1 nitrogen and oxygen atoms in total. The molecular weight excluding hydrogens is 299 g/mol. The van der Waals surface area contributed by atoms with Gasteiger partial charge in [0.25, 0.3) is 0 Å². The summed E-state index contributed by atoms with van der Waals surface area (Å²) in [6, 6.07) is 1.41. The minimum Gasteiger partial charge on any atom is -0.192 e. The highest BCUT2D eigenvalue weighted by atomic mass is 35.5. The van der Waals surface area contributed by atoms with Crippen LogP contribution in [0.4, 0.5) is 5.69 Å². The summed E-state index contributed by atoms with van der Waals surface area (Å²) >= 11 is 33.9. The van der Waals surface area contributed by atoms with Gasteiger partial charge in [-0.05, 0) is 6.07 Å². The van der Waals surface area contributed by atoms with Crippen molar-refractivity contribution in [3.63, 3.8) is 0 Å². The number of halogens is 6. The molecule has 0 amide bonds. The standard InChI is InChI=1S/C6HCl6N/c7-2-1-3(13(11)12)5(9)6(10)4(2)8/h1H. The molecular formula is C6HCl6N. The van der Waals surface area contributed by atoms with E-state index in [1.165, 1.54) is 6.07 Å². The lowest BCUT2D eigenvalue weighted by Gasteiger charge is -2.11. The molecule has 0 aliphatic rings. The number of nitrogens with zero attached hydrogens (tertiary/aromatic N) is 1. The third-order valence-corrected chi connectivity index (χ3v) is 3.37. The largest absolute Gasteiger partial charge is 0.192 e. The van der Waals surface area contributed by atoms with Gasteiger partial charge in [-0.3, -0.25) is 0 Å². The van der Waals surface area contributed by atoms with Crippen LogP contribution in [-0.2, 0) is 0 Å². The molecule has 72 valence electrons. The van der Waals surface area contributed by atoms with Crippen molar-refractivity contribution < 1.29 is 0 Å². The molecule has 0 atom stereocenters. The molecule has 0 spiro atoms. The molecule has 0 fully saturated rings. The molecule has 1 aromatic carbocycles. The van der Waals surface area contributed by atoms with E-state index in [0.717, 1.165) is 3.94 Å². The summed E-state index contributed by atoms with van der Waals surface area (Å²) in [7, 11) is 0. The Morgan fingerprint density at radius 3 is 1.85 bits per heavy atom. The van der Waals surface area contributed by atoms with Crippen molar-refractivity contribution in [1.82, 2.24) is 0 Å². The van der Waals surface area contributed by atoms with Crippen LogP contribution in [0.25, 0.3) is 0 Å². The van der Waals surface area contributed by atoms with E-state index < -0.39 is 0 Å². The van der Waals surface area contributed by atoms with Gasteiger partial charge >= 0.3 is 0 Å². The lowest BCUT2D eigenvalue weighted by molar-refractivity contribution is 1.57. The second-order valence-corrected chi connectivity index (χ2v) is 4.44. The lowest BCUT2D eigenvalue weighted by Crippen LogP contribution is -1.93. The Balaban J connectivity index is 3.41. The lowest BCUT2D eigenvalue weighted by atomic mass is 10.3. The van der Waals surface area contributed by atoms with Crippen LogP contribution < -0.4 is 3.94 Å². The van der Waals surface area contributed by atoms with Gasteiger partial charge in [0.2, 0.25) is 0 Å². The maximum absolute atomic E-state index is 5.78. The molecule has 1 rings (SSSR count). The van der Waals surface area contributed by atoms with Crippen LogP contribution in [0.5, 0.6) is 0 Å². The second-order valence-electron chi connectivity index (χ2n) is 2.05. The molecule has 1 aromatic rings. The maximum atomic E-state index is 5.78. The SMILES string of the molecule is Clc1cc(N(Cl)Cl)c(Cl)c(Cl)c1Cl. The average molecular weight is 300 g/mol. The smallest absolute Gasteiger partial charge is 0.0927 e. The van der Waals surface area contributed by atoms with Crippen LogP contribution in [0.15, 0.2) is 6.07 Å². The summed E-state index contributed by atoms with van der Waals surface area (Å²) < 4.78 is 0.760. The van der Waals surface area contributed by atoms with E-state index in [0.29, 0.717) is 0 Å². The number of anilines is 1. The summed E-state index contributed by atoms with van der Waals surface area (Å²) in [5.41, 5.74) is 0.282. The summed E-state index contributed by atoms with van der Waals surface area (Å²) in [5, 5.41) is 0.683. The van der Waals surface area contributed by atoms with Gasteiger partial charge in [-0.15, -0.1) is 0 Å². The topological polar surface area (TPSA) is 3.24 Å². The Labute approximate surface area is 105 Å². The molecule has 0 radical (unpaired) electrons. The zero-order valence-corrected chi connectivity index (χ0v) is 10.3. The van der Waals surface area contributed by atoms with Gasteiger partial charge in [0.05, 0.1) is 25.8 Å². The zero-order chi connectivity index (χ0) is 10.2. The molecule has 0 saturated heterocycles. The Morgan fingerprint density at radius 1 is 0.846 bits per heavy atom. The van der Waals surface area contributed by atoms with Crippen molar-refractivity contribution in [1.29, 1.82) is 0 Å². The summed E-state index contributed by atoms with van der Waals surface area (Å²) in [4.78, 5) is 0. The van der Waals surface area contributed by atoms with Crippen LogP contribution in [0, 0.1) is 0 Å². The number of hydrogen-bond donors (Lipinski definition) is 0. The van der Waals surface area contributed by atoms with Crippen LogP contribution >= 0.6 is 70.0 Å². The van der Waals surface area contributed by atoms with Crippen LogP contribution in [0.3, 0.4) is 0 Å². The molecule has 13 heavy (non-hydrogen) atoms. The Kier molecular flexibility index (Phi) is 4.11. The van der Waals surface area contributed by atoms with Gasteiger partial charge < -0.3 is 0 Å². The van der Waals surface area contributed by atoms with Crippen molar-refractivity contribution in [2.24, 2.45) is 0 Å². The van der Waals surface area contributed by atoms with E-state index in [1.807, 2.05) is 0 Å². The van der Waals surface area contributed by atoms with E-state index in [2.05, 4.69) is 0 Å². The Morgan fingerprint density at radius 2 is 1.38 bits per heavy atom. The van der Waals surface area contributed by atoms with Gasteiger partial charge in [0.15, 0.2) is 0 Å². The minimum atomic E-state index is 0.122. The van der Waals surface area contributed by atoms with Gasteiger partial charge in [-0.25, -0.2) is 0 Å². The monoisotopic (exact) mass is 297 g/mol. The first-order chi connectivity index (χ1) is 5.95. The molecule has 0 N–H and O–H groups in total. The van der Waals surface area contributed by atoms with Gasteiger partial charge in [-0.1, -0.05) is 46.4 Å². The first-order valence-corrected chi connectivity index (χ1v) is 5.08. The van der Waals surface area contributed by atoms with E-state index in [4.69, 9.17) is 70.0 Å². The third kappa shape index (κ3) is 2.41. The van der Waals surface area contributed by atoms with Gasteiger partial charge in [0, 0.05) is 23.6 Å². The van der Waals surface area contributed by atoms with Crippen LogP contribution in [0.2, 0.25) is 20.1 Å². The Bertz CT molecular complexity index is 336. The highest BCUT2D eigenvalue weighted by Gasteiger charge is 2.15. The van der Waals surface area contributed by atoms with E-state index in [-0.39, 0.29) is 25.8 Å². The summed E-state index contributed by atoms with van der Waals surface area (Å²) in [6.45, 7) is 0. The Hall–Kier alpha value is 0.760. The molecule has 0 bridgehead atoms. The maximum Gasteiger partial charge on any atom is 0.0927 e. The van der Waals surface area contributed by atoms with Crippen molar-refractivity contribution in [3.8, 4) is 0 Å². The highest BCUT2D eigenvalue weighted by Crippen LogP contribution is 2.43. The quantitative estimate of drug-likeness (QED) is 0.380. The van der Waals surface area contributed by atoms with Gasteiger partial charge in [-0.2, -0.15) is 3.94 Å². The van der Waals surface area contributed by atoms with E-state index in [1.54, 1.807) is 0 Å². The van der Waals surface area contributed by atoms with Crippen molar-refractivity contribution >= 4 is 75.6 Å². The van der Waals surface area contributed by atoms with E-state index >= 15 is 0 Å². The van der Waals surface area contributed by atoms with E-state index in [9.17, 15) is 0 Å². The van der Waals surface area contributed by atoms with Crippen molar-refractivity contribution in [2.75, 3.05) is 3.94 Å². The van der Waals surface area contributed by atoms with Crippen LogP contribution in [-0.4, -0.2) is 0 Å². The fourth-order valence-electron chi connectivity index (χ4n) is 0.683. The predicted octanol–water partition coefficient (Wildman–Crippen LogP) is 5.41. The molecule has 0 saturated carbocycles. The summed E-state index contributed by atoms with van der Waals surface area (Å²) in [6.07, 6.45) is 0. The molecule has 0 heterocycles. The number of benzene rings is 1. The van der Waals surface area contributed by atoms with Crippen molar-refractivity contribution in [3.05, 3.63) is 26.2 Å². The molecule has 0 aromatic heterocycles. The third-order valence-electron chi connectivity index (χ3n) is 1.27. The van der Waals surface area contributed by atoms with Crippen LogP contribution in [0.1, 0.15) is 0 Å². The molecule has 0 unspecified atom stereocenters. The van der Waals surface area contributed by atoms with Gasteiger partial charge in [0.1, 0.15) is 0 Å². The first kappa shape index (κ1) is 11.8. The normalized spacial score (nSPS) is 10.3. The zero-order valence-electron chi connectivity index (χ0n) is 5.79. The summed E-state index contributed by atoms with van der Waals surface area (Å²) in [5.74, 6) is 0. The minimum absolute atomic E-state index is 0.122. The fourth-order valence-corrected chi connectivity index (χ4v) is 1.91. The van der Waals surface area contributed by atoms with Crippen molar-refractivity contribution in [2.45, 2.75) is 0 Å². The number of hydrogen-bond acceptors (Lipinski definition) is 1. The molecule has 0 aliphatic heterocycles. The average Bonchev–Trinajstić information content (AvgIpc) is 2.07. The number of rotatable bonds is 1. The fraction of sp³-hybridized carbons (Fsp3) is 0. The molecule has 7 heteroatoms. The highest BCUT2D eigenvalue weighted by molar-refractivity contribution is 6.56. The predicted molar refractivity (Wildman–Crippen MR) is 60.7 cm³/mol.